The van der Waals surface area contributed by atoms with Crippen molar-refractivity contribution in [1.29, 1.82) is 0 Å². The molecule has 0 fully saturated rings. The topological polar surface area (TPSA) is 197 Å². The van der Waals surface area contributed by atoms with Crippen molar-refractivity contribution in [2.24, 2.45) is 0 Å². The lowest BCUT2D eigenvalue weighted by atomic mass is 10.5. The van der Waals surface area contributed by atoms with Gasteiger partial charge in [-0.2, -0.15) is 0 Å². The summed E-state index contributed by atoms with van der Waals surface area (Å²) in [5, 5.41) is 29.0. The number of carboxylic acids is 3. The van der Waals surface area contributed by atoms with Gasteiger partial charge in [-0.05, 0) is 21.1 Å². The van der Waals surface area contributed by atoms with E-state index in [0.29, 0.717) is 0 Å². The van der Waals surface area contributed by atoms with E-state index in [1.165, 1.54) is 19.0 Å². The standard InChI is InChI=1S/C5H9NO4.C3H7NO2.C2H8NO3P/c1-6(2-4(7)8)3-5(9)10;1-4-2-3(5)6;1-3-2-7(4,5)6/h2-3H2,1H3,(H,7,8)(H,9,10);4H,2H2,1H3,(H,5,6);3H,2H2,1H3,(H2,4,5,6). The van der Waals surface area contributed by atoms with Gasteiger partial charge in [-0.15, -0.1) is 0 Å². The Morgan fingerprint density at radius 1 is 0.913 bits per heavy atom. The fraction of sp³-hybridized carbons (Fsp3) is 0.700. The lowest BCUT2D eigenvalue weighted by molar-refractivity contribution is -0.141. The molecule has 0 spiro atoms. The number of aliphatic carboxylic acids is 3. The predicted octanol–water partition coefficient (Wildman–Crippen LogP) is -2.28. The predicted molar refractivity (Wildman–Crippen MR) is 80.3 cm³/mol. The van der Waals surface area contributed by atoms with Gasteiger partial charge in [0.25, 0.3) is 0 Å². The van der Waals surface area contributed by atoms with Crippen molar-refractivity contribution < 1.29 is 44.1 Å². The molecule has 0 amide bonds. The maximum Gasteiger partial charge on any atom is 0.339 e. The second-order valence-corrected chi connectivity index (χ2v) is 5.71. The zero-order valence-electron chi connectivity index (χ0n) is 13.1. The Hall–Kier alpha value is -1.56. The van der Waals surface area contributed by atoms with E-state index >= 15 is 0 Å². The highest BCUT2D eigenvalue weighted by Gasteiger charge is 2.08. The van der Waals surface area contributed by atoms with Gasteiger partial charge in [0.2, 0.25) is 0 Å². The van der Waals surface area contributed by atoms with Crippen LogP contribution in [0.1, 0.15) is 0 Å². The van der Waals surface area contributed by atoms with Crippen LogP contribution in [0.3, 0.4) is 0 Å². The monoisotopic (exact) mass is 361 g/mol. The SMILES string of the molecule is CN(CC(=O)O)CC(=O)O.CNCC(=O)O.CNCP(=O)(O)O. The first-order valence-electron chi connectivity index (χ1n) is 6.03. The van der Waals surface area contributed by atoms with Crippen LogP contribution in [0.4, 0.5) is 0 Å². The molecule has 0 rings (SSSR count). The summed E-state index contributed by atoms with van der Waals surface area (Å²) < 4.78 is 9.86. The van der Waals surface area contributed by atoms with E-state index in [1.807, 2.05) is 0 Å². The van der Waals surface area contributed by atoms with Crippen molar-refractivity contribution in [3.8, 4) is 0 Å². The molecule has 0 aromatic heterocycles. The first-order chi connectivity index (χ1) is 10.4. The van der Waals surface area contributed by atoms with Gasteiger partial charge < -0.3 is 35.7 Å². The molecule has 0 aliphatic heterocycles. The molecule has 23 heavy (non-hydrogen) atoms. The molecule has 0 aromatic rings. The van der Waals surface area contributed by atoms with Crippen LogP contribution in [0.15, 0.2) is 0 Å². The molecule has 0 atom stereocenters. The molecule has 12 nitrogen and oxygen atoms in total. The number of carboxylic acid groups (broad SMARTS) is 3. The van der Waals surface area contributed by atoms with Crippen molar-refractivity contribution >= 4 is 25.5 Å². The van der Waals surface area contributed by atoms with Crippen molar-refractivity contribution in [3.63, 3.8) is 0 Å². The van der Waals surface area contributed by atoms with Crippen LogP contribution in [0.2, 0.25) is 0 Å². The number of likely N-dealkylation sites (N-methyl/N-ethyl adjacent to an activating group) is 2. The van der Waals surface area contributed by atoms with E-state index < -0.39 is 25.5 Å². The van der Waals surface area contributed by atoms with Gasteiger partial charge in [0.15, 0.2) is 0 Å². The minimum Gasteiger partial charge on any atom is -0.480 e. The Morgan fingerprint density at radius 3 is 1.39 bits per heavy atom. The van der Waals surface area contributed by atoms with E-state index in [-0.39, 0.29) is 25.9 Å². The fourth-order valence-corrected chi connectivity index (χ4v) is 1.29. The van der Waals surface area contributed by atoms with Gasteiger partial charge in [0.05, 0.1) is 25.9 Å². The van der Waals surface area contributed by atoms with Crippen molar-refractivity contribution in [2.75, 3.05) is 47.1 Å². The molecule has 0 saturated heterocycles. The van der Waals surface area contributed by atoms with Crippen LogP contribution >= 0.6 is 7.60 Å². The van der Waals surface area contributed by atoms with Crippen molar-refractivity contribution in [2.45, 2.75) is 0 Å². The largest absolute Gasteiger partial charge is 0.480 e. The minimum absolute atomic E-state index is 0.0417. The average molecular weight is 361 g/mol. The van der Waals surface area contributed by atoms with Gasteiger partial charge in [0, 0.05) is 0 Å². The first-order valence-corrected chi connectivity index (χ1v) is 7.83. The summed E-state index contributed by atoms with van der Waals surface area (Å²) in [6.45, 7) is -0.446. The number of nitrogens with zero attached hydrogens (tertiary/aromatic N) is 1. The third-order valence-corrected chi connectivity index (χ3v) is 2.23. The Bertz CT molecular complexity index is 383. The van der Waals surface area contributed by atoms with E-state index in [1.54, 1.807) is 7.05 Å². The first kappa shape index (κ1) is 26.3. The molecule has 0 radical (unpaired) electrons. The summed E-state index contributed by atoms with van der Waals surface area (Å²) in [7, 11) is 0.733. The van der Waals surface area contributed by atoms with Gasteiger partial charge in [-0.3, -0.25) is 23.8 Å². The van der Waals surface area contributed by atoms with Gasteiger partial charge in [-0.1, -0.05) is 0 Å². The van der Waals surface area contributed by atoms with Crippen LogP contribution < -0.4 is 10.6 Å². The third kappa shape index (κ3) is 38.5. The number of nitrogens with one attached hydrogen (secondary N) is 2. The fourth-order valence-electron chi connectivity index (χ4n) is 0.875. The lowest BCUT2D eigenvalue weighted by Crippen LogP contribution is -2.30. The van der Waals surface area contributed by atoms with Crippen LogP contribution in [0, 0.1) is 0 Å². The average Bonchev–Trinajstić information content (AvgIpc) is 2.25. The smallest absolute Gasteiger partial charge is 0.339 e. The summed E-state index contributed by atoms with van der Waals surface area (Å²) in [5.74, 6) is -2.87. The van der Waals surface area contributed by atoms with E-state index in [4.69, 9.17) is 25.1 Å². The Labute approximate surface area is 133 Å². The van der Waals surface area contributed by atoms with E-state index in [9.17, 15) is 18.9 Å². The maximum atomic E-state index is 9.96. The summed E-state index contributed by atoms with van der Waals surface area (Å²) >= 11 is 0. The molecule has 0 saturated carbocycles. The van der Waals surface area contributed by atoms with E-state index in [2.05, 4.69) is 10.6 Å². The Kier molecular flexibility index (Phi) is 17.6. The van der Waals surface area contributed by atoms with Crippen LogP contribution in [-0.2, 0) is 18.9 Å². The van der Waals surface area contributed by atoms with E-state index in [0.717, 1.165) is 0 Å². The Morgan fingerprint density at radius 2 is 1.30 bits per heavy atom. The second kappa shape index (κ2) is 15.3. The van der Waals surface area contributed by atoms with Crippen molar-refractivity contribution in [1.82, 2.24) is 15.5 Å². The summed E-state index contributed by atoms with van der Waals surface area (Å²) in [5.41, 5.74) is 0. The highest BCUT2D eigenvalue weighted by atomic mass is 31.2. The zero-order chi connectivity index (χ0) is 19.1. The third-order valence-electron chi connectivity index (χ3n) is 1.50. The van der Waals surface area contributed by atoms with Crippen LogP contribution in [0.5, 0.6) is 0 Å². The molecule has 13 heteroatoms. The van der Waals surface area contributed by atoms with Crippen LogP contribution in [0.25, 0.3) is 0 Å². The number of rotatable bonds is 8. The maximum absolute atomic E-state index is 9.96. The highest BCUT2D eigenvalue weighted by molar-refractivity contribution is 7.51. The number of hydrogen-bond acceptors (Lipinski definition) is 7. The van der Waals surface area contributed by atoms with Crippen molar-refractivity contribution in [3.05, 3.63) is 0 Å². The molecule has 0 aliphatic rings. The van der Waals surface area contributed by atoms with Gasteiger partial charge in [0.1, 0.15) is 0 Å². The quantitative estimate of drug-likeness (QED) is 0.229. The molecule has 0 aliphatic carbocycles. The second-order valence-electron chi connectivity index (χ2n) is 4.06. The molecular formula is C10H24N3O9P. The summed E-state index contributed by atoms with van der Waals surface area (Å²) in [4.78, 5) is 46.8. The molecule has 0 bridgehead atoms. The highest BCUT2D eigenvalue weighted by Crippen LogP contribution is 2.31. The Balaban J connectivity index is -0.000000272. The van der Waals surface area contributed by atoms with Gasteiger partial charge in [-0.25, -0.2) is 0 Å². The summed E-state index contributed by atoms with van der Waals surface area (Å²) in [6.07, 6.45) is -0.243. The molecule has 7 N–H and O–H groups in total. The number of hydrogen-bond donors (Lipinski definition) is 7. The molecular weight excluding hydrogens is 337 g/mol. The van der Waals surface area contributed by atoms with Gasteiger partial charge >= 0.3 is 25.5 Å². The zero-order valence-corrected chi connectivity index (χ0v) is 14.0. The summed E-state index contributed by atoms with van der Waals surface area (Å²) in [6, 6.07) is 0. The minimum atomic E-state index is -3.78. The molecule has 0 unspecified atom stereocenters. The molecule has 0 aromatic carbocycles. The number of carbonyl (C=O) groups is 3. The normalized spacial score (nSPS) is 10.0. The molecule has 138 valence electrons. The molecule has 0 heterocycles. The lowest BCUT2D eigenvalue weighted by Gasteiger charge is -2.08. The van der Waals surface area contributed by atoms with Crippen LogP contribution in [-0.4, -0.2) is 95.0 Å².